The molecule has 36 heavy (non-hydrogen) atoms. The first-order chi connectivity index (χ1) is 17.4. The number of ether oxygens (including phenoxy) is 1. The van der Waals surface area contributed by atoms with Crippen molar-refractivity contribution in [3.05, 3.63) is 41.6 Å². The predicted octanol–water partition coefficient (Wildman–Crippen LogP) is 3.60. The Bertz CT molecular complexity index is 1220. The number of aromatic nitrogens is 4. The minimum atomic E-state index is -0.346. The Labute approximate surface area is 210 Å². The molecule has 0 saturated carbocycles. The van der Waals surface area contributed by atoms with Crippen LogP contribution >= 0.6 is 0 Å². The molecule has 10 heteroatoms. The summed E-state index contributed by atoms with van der Waals surface area (Å²) in [5, 5.41) is 5.59. The maximum Gasteiger partial charge on any atom is 0.306 e. The van der Waals surface area contributed by atoms with Gasteiger partial charge in [0.05, 0.1) is 29.8 Å². The van der Waals surface area contributed by atoms with Gasteiger partial charge in [-0.2, -0.15) is 5.10 Å². The molecular formula is C26H33FN6O3. The molecule has 3 heterocycles. The number of benzene rings is 1. The van der Waals surface area contributed by atoms with E-state index in [9.17, 15) is 14.0 Å². The smallest absolute Gasteiger partial charge is 0.306 e. The van der Waals surface area contributed by atoms with Gasteiger partial charge in [0.25, 0.3) is 0 Å². The zero-order chi connectivity index (χ0) is 25.7. The molecular weight excluding hydrogens is 463 g/mol. The number of unbranched alkanes of at least 4 members (excludes halogenated alkanes) is 1. The van der Waals surface area contributed by atoms with E-state index in [4.69, 9.17) is 19.8 Å². The molecule has 1 aliphatic heterocycles. The third-order valence-electron chi connectivity index (χ3n) is 6.33. The number of halogens is 1. The van der Waals surface area contributed by atoms with Crippen LogP contribution in [0.3, 0.4) is 0 Å². The average molecular weight is 497 g/mol. The molecule has 2 aromatic heterocycles. The van der Waals surface area contributed by atoms with Crippen LogP contribution < -0.4 is 4.90 Å². The summed E-state index contributed by atoms with van der Waals surface area (Å²) in [4.78, 5) is 38.0. The van der Waals surface area contributed by atoms with Crippen LogP contribution in [0.15, 0.2) is 24.3 Å². The van der Waals surface area contributed by atoms with Gasteiger partial charge in [0.2, 0.25) is 5.91 Å². The van der Waals surface area contributed by atoms with Gasteiger partial charge in [0.1, 0.15) is 17.5 Å². The summed E-state index contributed by atoms with van der Waals surface area (Å²) in [6.45, 7) is 8.45. The zero-order valence-corrected chi connectivity index (χ0v) is 21.2. The van der Waals surface area contributed by atoms with Crippen LogP contribution in [0.25, 0.3) is 16.7 Å². The van der Waals surface area contributed by atoms with E-state index in [2.05, 4.69) is 11.8 Å². The number of anilines is 1. The number of amides is 1. The molecule has 0 bridgehead atoms. The summed E-state index contributed by atoms with van der Waals surface area (Å²) in [5.41, 5.74) is 2.22. The molecule has 1 aliphatic rings. The van der Waals surface area contributed by atoms with Gasteiger partial charge < -0.3 is 14.5 Å². The fourth-order valence-electron chi connectivity index (χ4n) is 4.41. The van der Waals surface area contributed by atoms with Gasteiger partial charge in [-0.3, -0.25) is 9.59 Å². The normalized spacial score (nSPS) is 13.9. The number of carbonyl (C=O) groups is 2. The molecule has 0 unspecified atom stereocenters. The van der Waals surface area contributed by atoms with Crippen molar-refractivity contribution in [3.8, 4) is 5.69 Å². The molecule has 0 atom stereocenters. The number of esters is 1. The molecule has 0 spiro atoms. The SMILES string of the molecule is CCCCc1nc(N2CCN(C(=O)CCC(=O)OCC)CC2)c2c(C)nn(-c3ccc(F)cc3)c2n1. The number of piperazine rings is 1. The monoisotopic (exact) mass is 496 g/mol. The topological polar surface area (TPSA) is 93.5 Å². The van der Waals surface area contributed by atoms with Gasteiger partial charge in [-0.15, -0.1) is 0 Å². The van der Waals surface area contributed by atoms with E-state index < -0.39 is 0 Å². The Kier molecular flexibility index (Phi) is 8.12. The van der Waals surface area contributed by atoms with Crippen molar-refractivity contribution in [1.29, 1.82) is 0 Å². The molecule has 1 aromatic carbocycles. The molecule has 1 fully saturated rings. The Morgan fingerprint density at radius 3 is 2.42 bits per heavy atom. The van der Waals surface area contributed by atoms with E-state index in [-0.39, 0.29) is 30.5 Å². The van der Waals surface area contributed by atoms with Crippen molar-refractivity contribution in [2.24, 2.45) is 0 Å². The summed E-state index contributed by atoms with van der Waals surface area (Å²) < 4.78 is 20.2. The molecule has 0 N–H and O–H groups in total. The minimum Gasteiger partial charge on any atom is -0.466 e. The zero-order valence-electron chi connectivity index (χ0n) is 21.2. The van der Waals surface area contributed by atoms with Crippen LogP contribution in [0.5, 0.6) is 0 Å². The summed E-state index contributed by atoms with van der Waals surface area (Å²) in [5.74, 6) is 0.868. The van der Waals surface area contributed by atoms with Crippen molar-refractivity contribution in [2.45, 2.75) is 52.9 Å². The molecule has 0 radical (unpaired) electrons. The number of hydrogen-bond donors (Lipinski definition) is 0. The van der Waals surface area contributed by atoms with Crippen molar-refractivity contribution in [2.75, 3.05) is 37.7 Å². The third-order valence-corrected chi connectivity index (χ3v) is 6.33. The number of nitrogens with zero attached hydrogens (tertiary/aromatic N) is 6. The second kappa shape index (κ2) is 11.5. The molecule has 4 rings (SSSR count). The average Bonchev–Trinajstić information content (AvgIpc) is 3.22. The van der Waals surface area contributed by atoms with Crippen molar-refractivity contribution in [1.82, 2.24) is 24.6 Å². The Balaban J connectivity index is 1.59. The van der Waals surface area contributed by atoms with Gasteiger partial charge in [0.15, 0.2) is 5.65 Å². The number of carbonyl (C=O) groups excluding carboxylic acids is 2. The fraction of sp³-hybridized carbons (Fsp3) is 0.500. The number of rotatable bonds is 9. The molecule has 0 aliphatic carbocycles. The molecule has 192 valence electrons. The van der Waals surface area contributed by atoms with Crippen molar-refractivity contribution in [3.63, 3.8) is 0 Å². The lowest BCUT2D eigenvalue weighted by molar-refractivity contribution is -0.145. The second-order valence-electron chi connectivity index (χ2n) is 8.91. The number of aryl methyl sites for hydroxylation is 2. The predicted molar refractivity (Wildman–Crippen MR) is 135 cm³/mol. The highest BCUT2D eigenvalue weighted by atomic mass is 19.1. The highest BCUT2D eigenvalue weighted by molar-refractivity contribution is 5.91. The first-order valence-corrected chi connectivity index (χ1v) is 12.6. The van der Waals surface area contributed by atoms with Gasteiger partial charge in [-0.1, -0.05) is 13.3 Å². The minimum absolute atomic E-state index is 0.0421. The lowest BCUT2D eigenvalue weighted by Crippen LogP contribution is -2.49. The highest BCUT2D eigenvalue weighted by Crippen LogP contribution is 2.30. The number of fused-ring (bicyclic) bond motifs is 1. The largest absolute Gasteiger partial charge is 0.466 e. The van der Waals surface area contributed by atoms with E-state index in [1.807, 2.05) is 6.92 Å². The van der Waals surface area contributed by atoms with Crippen LogP contribution in [0.1, 0.15) is 51.0 Å². The van der Waals surface area contributed by atoms with Crippen LogP contribution in [-0.2, 0) is 20.7 Å². The summed E-state index contributed by atoms with van der Waals surface area (Å²) >= 11 is 0. The van der Waals surface area contributed by atoms with Gasteiger partial charge in [-0.25, -0.2) is 19.0 Å². The Morgan fingerprint density at radius 2 is 1.75 bits per heavy atom. The number of hydrogen-bond acceptors (Lipinski definition) is 7. The summed E-state index contributed by atoms with van der Waals surface area (Å²) in [6, 6.07) is 6.21. The van der Waals surface area contributed by atoms with Gasteiger partial charge in [0, 0.05) is 39.0 Å². The molecule has 1 saturated heterocycles. The van der Waals surface area contributed by atoms with Crippen molar-refractivity contribution < 1.29 is 18.7 Å². The van der Waals surface area contributed by atoms with Crippen LogP contribution in [0, 0.1) is 12.7 Å². The highest BCUT2D eigenvalue weighted by Gasteiger charge is 2.26. The fourth-order valence-corrected chi connectivity index (χ4v) is 4.41. The maximum atomic E-state index is 13.5. The summed E-state index contributed by atoms with van der Waals surface area (Å²) in [7, 11) is 0. The first-order valence-electron chi connectivity index (χ1n) is 12.6. The van der Waals surface area contributed by atoms with Crippen LogP contribution in [0.4, 0.5) is 10.2 Å². The van der Waals surface area contributed by atoms with E-state index >= 15 is 0 Å². The second-order valence-corrected chi connectivity index (χ2v) is 8.91. The van der Waals surface area contributed by atoms with E-state index in [0.717, 1.165) is 47.7 Å². The Morgan fingerprint density at radius 1 is 1.03 bits per heavy atom. The third kappa shape index (κ3) is 5.63. The molecule has 3 aromatic rings. The lowest BCUT2D eigenvalue weighted by atomic mass is 10.2. The van der Waals surface area contributed by atoms with Gasteiger partial charge >= 0.3 is 5.97 Å². The first kappa shape index (κ1) is 25.5. The lowest BCUT2D eigenvalue weighted by Gasteiger charge is -2.35. The van der Waals surface area contributed by atoms with E-state index in [0.29, 0.717) is 38.4 Å². The molecule has 9 nitrogen and oxygen atoms in total. The maximum absolute atomic E-state index is 13.5. The standard InChI is InChI=1S/C26H33FN6O3/c1-4-6-7-21-28-25(32-16-14-31(15-17-32)22(34)12-13-23(35)36-5-2)24-18(3)30-33(26(24)29-21)20-10-8-19(27)9-11-20/h8-11H,4-7,12-17H2,1-3H3. The van der Waals surface area contributed by atoms with Crippen molar-refractivity contribution >= 4 is 28.7 Å². The van der Waals surface area contributed by atoms with Crippen LogP contribution in [0.2, 0.25) is 0 Å². The quantitative estimate of drug-likeness (QED) is 0.418. The van der Waals surface area contributed by atoms with E-state index in [1.54, 1.807) is 28.6 Å². The molecule has 1 amide bonds. The van der Waals surface area contributed by atoms with Crippen LogP contribution in [-0.4, -0.2) is 69.3 Å². The summed E-state index contributed by atoms with van der Waals surface area (Å²) in [6.07, 6.45) is 3.00. The van der Waals surface area contributed by atoms with Gasteiger partial charge in [-0.05, 0) is 44.5 Å². The Hall–Kier alpha value is -3.56. The van der Waals surface area contributed by atoms with E-state index in [1.165, 1.54) is 12.1 Å².